The topological polar surface area (TPSA) is 96.7 Å². The summed E-state index contributed by atoms with van der Waals surface area (Å²) in [5.74, 6) is -0.356. The summed E-state index contributed by atoms with van der Waals surface area (Å²) < 4.78 is 5.27. The predicted molar refractivity (Wildman–Crippen MR) is 119 cm³/mol. The number of nitrogens with one attached hydrogen (secondary N) is 2. The maximum absolute atomic E-state index is 12.3. The van der Waals surface area contributed by atoms with Crippen molar-refractivity contribution in [3.8, 4) is 0 Å². The summed E-state index contributed by atoms with van der Waals surface area (Å²) in [5.41, 5.74) is 8.04. The predicted octanol–water partition coefficient (Wildman–Crippen LogP) is 2.44. The summed E-state index contributed by atoms with van der Waals surface area (Å²) >= 11 is 0. The lowest BCUT2D eigenvalue weighted by Crippen LogP contribution is -2.41. The molecule has 2 amide bonds. The van der Waals surface area contributed by atoms with Gasteiger partial charge in [-0.05, 0) is 29.8 Å². The molecule has 3 rings (SSSR count). The van der Waals surface area contributed by atoms with Crippen LogP contribution in [-0.4, -0.2) is 49.6 Å². The molecule has 2 aromatic carbocycles. The van der Waals surface area contributed by atoms with E-state index >= 15 is 0 Å². The molecule has 1 atom stereocenters. The molecule has 1 unspecified atom stereocenters. The molecular formula is C20H26Cl2N4O3. The maximum atomic E-state index is 12.3. The van der Waals surface area contributed by atoms with Gasteiger partial charge >= 0.3 is 0 Å². The molecule has 0 bridgehead atoms. The molecule has 158 valence electrons. The van der Waals surface area contributed by atoms with Gasteiger partial charge in [-0.15, -0.1) is 24.8 Å². The zero-order valence-electron chi connectivity index (χ0n) is 15.9. The molecule has 2 aromatic rings. The Balaban J connectivity index is 0.00000210. The number of anilines is 2. The van der Waals surface area contributed by atoms with Crippen LogP contribution in [0.1, 0.15) is 11.6 Å². The molecule has 0 saturated carbocycles. The number of benzene rings is 2. The number of nitrogens with zero attached hydrogens (tertiary/aromatic N) is 1. The maximum Gasteiger partial charge on any atom is 0.245 e. The molecule has 9 heteroatoms. The molecule has 0 aromatic heterocycles. The first-order valence-electron chi connectivity index (χ1n) is 8.93. The third-order valence-electron chi connectivity index (χ3n) is 4.35. The quantitative estimate of drug-likeness (QED) is 0.640. The molecule has 1 fully saturated rings. The fourth-order valence-electron chi connectivity index (χ4n) is 2.83. The van der Waals surface area contributed by atoms with Crippen LogP contribution in [0.4, 0.5) is 11.4 Å². The smallest absolute Gasteiger partial charge is 0.245 e. The Morgan fingerprint density at radius 3 is 2.07 bits per heavy atom. The second-order valence-corrected chi connectivity index (χ2v) is 6.39. The normalized spacial score (nSPS) is 14.7. The Morgan fingerprint density at radius 2 is 1.48 bits per heavy atom. The van der Waals surface area contributed by atoms with Crippen molar-refractivity contribution in [3.05, 3.63) is 60.2 Å². The highest BCUT2D eigenvalue weighted by atomic mass is 35.5. The van der Waals surface area contributed by atoms with Crippen molar-refractivity contribution in [1.82, 2.24) is 4.90 Å². The zero-order valence-corrected chi connectivity index (χ0v) is 17.5. The molecular weight excluding hydrogens is 415 g/mol. The summed E-state index contributed by atoms with van der Waals surface area (Å²) in [6, 6.07) is 15.4. The molecule has 4 N–H and O–H groups in total. The Morgan fingerprint density at radius 1 is 0.931 bits per heavy atom. The number of hydrogen-bond acceptors (Lipinski definition) is 5. The highest BCUT2D eigenvalue weighted by Crippen LogP contribution is 2.16. The van der Waals surface area contributed by atoms with Crippen LogP contribution in [0.3, 0.4) is 0 Å². The van der Waals surface area contributed by atoms with Crippen LogP contribution in [0, 0.1) is 0 Å². The van der Waals surface area contributed by atoms with E-state index in [9.17, 15) is 9.59 Å². The number of carbonyl (C=O) groups is 2. The molecule has 0 spiro atoms. The number of amides is 2. The zero-order chi connectivity index (χ0) is 19.1. The third kappa shape index (κ3) is 7.64. The summed E-state index contributed by atoms with van der Waals surface area (Å²) in [6.45, 7) is 3.19. The highest BCUT2D eigenvalue weighted by Gasteiger charge is 2.16. The average molecular weight is 441 g/mol. The lowest BCUT2D eigenvalue weighted by Gasteiger charge is -2.25. The van der Waals surface area contributed by atoms with Gasteiger partial charge in [-0.25, -0.2) is 0 Å². The van der Waals surface area contributed by atoms with Gasteiger partial charge in [0.05, 0.1) is 19.8 Å². The van der Waals surface area contributed by atoms with Crippen LogP contribution in [-0.2, 0) is 14.3 Å². The van der Waals surface area contributed by atoms with E-state index in [1.807, 2.05) is 30.3 Å². The Bertz CT molecular complexity index is 769. The van der Waals surface area contributed by atoms with Crippen molar-refractivity contribution in [2.24, 2.45) is 5.73 Å². The number of nitrogens with two attached hydrogens (primary N) is 1. The van der Waals surface area contributed by atoms with Gasteiger partial charge in [-0.2, -0.15) is 0 Å². The summed E-state index contributed by atoms with van der Waals surface area (Å²) in [6.07, 6.45) is 0. The number of hydrogen-bond donors (Lipinski definition) is 3. The molecule has 7 nitrogen and oxygen atoms in total. The van der Waals surface area contributed by atoms with Gasteiger partial charge in [0.15, 0.2) is 0 Å². The van der Waals surface area contributed by atoms with Crippen LogP contribution in [0.15, 0.2) is 54.6 Å². The van der Waals surface area contributed by atoms with Crippen LogP contribution in [0.25, 0.3) is 0 Å². The van der Waals surface area contributed by atoms with Crippen LogP contribution >= 0.6 is 24.8 Å². The fourth-order valence-corrected chi connectivity index (χ4v) is 2.83. The van der Waals surface area contributed by atoms with E-state index in [-0.39, 0.29) is 36.6 Å². The first-order chi connectivity index (χ1) is 13.1. The third-order valence-corrected chi connectivity index (χ3v) is 4.35. The van der Waals surface area contributed by atoms with E-state index in [0.29, 0.717) is 31.1 Å². The fraction of sp³-hybridized carbons (Fsp3) is 0.300. The van der Waals surface area contributed by atoms with Crippen molar-refractivity contribution in [2.75, 3.05) is 43.5 Å². The van der Waals surface area contributed by atoms with Gasteiger partial charge in [0.25, 0.3) is 0 Å². The van der Waals surface area contributed by atoms with Crippen LogP contribution in [0.5, 0.6) is 0 Å². The van der Waals surface area contributed by atoms with Gasteiger partial charge in [0.1, 0.15) is 6.04 Å². The van der Waals surface area contributed by atoms with Crippen molar-refractivity contribution >= 4 is 48.0 Å². The van der Waals surface area contributed by atoms with Gasteiger partial charge in [0, 0.05) is 24.5 Å². The largest absolute Gasteiger partial charge is 0.379 e. The summed E-state index contributed by atoms with van der Waals surface area (Å²) in [7, 11) is 0. The van der Waals surface area contributed by atoms with Gasteiger partial charge < -0.3 is 21.1 Å². The minimum Gasteiger partial charge on any atom is -0.379 e. The first kappa shape index (κ1) is 24.9. The first-order valence-corrected chi connectivity index (χ1v) is 8.93. The molecule has 1 aliphatic heterocycles. The van der Waals surface area contributed by atoms with Crippen molar-refractivity contribution < 1.29 is 14.3 Å². The van der Waals surface area contributed by atoms with E-state index in [2.05, 4.69) is 15.5 Å². The second kappa shape index (κ2) is 12.4. The van der Waals surface area contributed by atoms with Crippen LogP contribution in [0.2, 0.25) is 0 Å². The summed E-state index contributed by atoms with van der Waals surface area (Å²) in [4.78, 5) is 26.4. The number of rotatable bonds is 6. The standard InChI is InChI=1S/C20H24N4O3.2ClH/c21-19(15-4-2-1-3-5-15)20(26)23-17-8-6-16(7-9-17)22-18(25)14-24-10-12-27-13-11-24;;/h1-9,19H,10-14,21H2,(H,22,25)(H,23,26);2*1H. The molecule has 1 aliphatic rings. The van der Waals surface area contributed by atoms with E-state index < -0.39 is 6.04 Å². The minimum atomic E-state index is -0.737. The average Bonchev–Trinajstić information content (AvgIpc) is 2.70. The van der Waals surface area contributed by atoms with E-state index in [1.54, 1.807) is 24.3 Å². The molecule has 29 heavy (non-hydrogen) atoms. The van der Waals surface area contributed by atoms with Crippen molar-refractivity contribution in [3.63, 3.8) is 0 Å². The number of morpholine rings is 1. The Labute approximate surface area is 182 Å². The number of carbonyl (C=O) groups excluding carboxylic acids is 2. The lowest BCUT2D eigenvalue weighted by molar-refractivity contribution is -0.118. The number of ether oxygens (including phenoxy) is 1. The molecule has 0 radical (unpaired) electrons. The minimum absolute atomic E-state index is 0. The highest BCUT2D eigenvalue weighted by molar-refractivity contribution is 5.96. The SMILES string of the molecule is Cl.Cl.NC(C(=O)Nc1ccc(NC(=O)CN2CCOCC2)cc1)c1ccccc1. The Hall–Kier alpha value is -2.16. The van der Waals surface area contributed by atoms with Crippen molar-refractivity contribution in [1.29, 1.82) is 0 Å². The van der Waals surface area contributed by atoms with Crippen LogP contribution < -0.4 is 16.4 Å². The van der Waals surface area contributed by atoms with Gasteiger partial charge in [-0.1, -0.05) is 30.3 Å². The van der Waals surface area contributed by atoms with E-state index in [1.165, 1.54) is 0 Å². The van der Waals surface area contributed by atoms with Gasteiger partial charge in [-0.3, -0.25) is 14.5 Å². The monoisotopic (exact) mass is 440 g/mol. The second-order valence-electron chi connectivity index (χ2n) is 6.39. The van der Waals surface area contributed by atoms with Crippen molar-refractivity contribution in [2.45, 2.75) is 6.04 Å². The summed E-state index contributed by atoms with van der Waals surface area (Å²) in [5, 5.41) is 5.65. The lowest BCUT2D eigenvalue weighted by atomic mass is 10.1. The molecule has 0 aliphatic carbocycles. The van der Waals surface area contributed by atoms with Gasteiger partial charge in [0.2, 0.25) is 11.8 Å². The molecule has 1 heterocycles. The Kier molecular flexibility index (Phi) is 10.6. The number of halogens is 2. The van der Waals surface area contributed by atoms with E-state index in [0.717, 1.165) is 18.7 Å². The molecule has 1 saturated heterocycles. The van der Waals surface area contributed by atoms with E-state index in [4.69, 9.17) is 10.5 Å².